The molecule has 0 saturated carbocycles. The van der Waals surface area contributed by atoms with Crippen molar-refractivity contribution in [1.82, 2.24) is 9.97 Å². The Kier molecular flexibility index (Phi) is 5.05. The van der Waals surface area contributed by atoms with Gasteiger partial charge in [-0.3, -0.25) is 10.1 Å². The molecule has 94 valence electrons. The minimum Gasteiger partial charge on any atom is -0.470 e. The molecule has 0 amide bonds. The fourth-order valence-corrected chi connectivity index (χ4v) is 1.36. The second kappa shape index (κ2) is 6.31. The van der Waals surface area contributed by atoms with E-state index in [-0.39, 0.29) is 29.2 Å². The average Bonchev–Trinajstić information content (AvgIpc) is 2.22. The summed E-state index contributed by atoms with van der Waals surface area (Å²) < 4.78 is 10.2. The van der Waals surface area contributed by atoms with Crippen molar-refractivity contribution in [2.75, 3.05) is 19.8 Å². The number of nitro groups is 1. The molecule has 8 heteroatoms. The maximum absolute atomic E-state index is 10.8. The van der Waals surface area contributed by atoms with E-state index in [1.54, 1.807) is 0 Å². The molecule has 1 heterocycles. The summed E-state index contributed by atoms with van der Waals surface area (Å²) in [7, 11) is 0. The van der Waals surface area contributed by atoms with Crippen molar-refractivity contribution in [3.63, 3.8) is 0 Å². The van der Waals surface area contributed by atoms with Crippen LogP contribution in [-0.4, -0.2) is 34.7 Å². The van der Waals surface area contributed by atoms with Crippen molar-refractivity contribution in [2.24, 2.45) is 0 Å². The standard InChI is InChI=1S/C9H12ClN3O4/c1-3-16-4-5-17-8-7(13(14)15)6(2)11-9(10)12-8/h3-5H2,1-2H3. The lowest BCUT2D eigenvalue weighted by Crippen LogP contribution is -2.10. The predicted molar refractivity (Wildman–Crippen MR) is 60.4 cm³/mol. The van der Waals surface area contributed by atoms with Crippen LogP contribution in [0.4, 0.5) is 5.69 Å². The second-order valence-electron chi connectivity index (χ2n) is 3.03. The lowest BCUT2D eigenvalue weighted by atomic mass is 10.4. The zero-order chi connectivity index (χ0) is 12.8. The molecule has 7 nitrogen and oxygen atoms in total. The summed E-state index contributed by atoms with van der Waals surface area (Å²) in [6.07, 6.45) is 0. The van der Waals surface area contributed by atoms with Gasteiger partial charge < -0.3 is 9.47 Å². The molecule has 0 aliphatic heterocycles. The van der Waals surface area contributed by atoms with Crippen LogP contribution < -0.4 is 4.74 Å². The topological polar surface area (TPSA) is 87.4 Å². The zero-order valence-electron chi connectivity index (χ0n) is 9.47. The molecular weight excluding hydrogens is 250 g/mol. The van der Waals surface area contributed by atoms with E-state index >= 15 is 0 Å². The molecule has 17 heavy (non-hydrogen) atoms. The van der Waals surface area contributed by atoms with Gasteiger partial charge in [-0.15, -0.1) is 0 Å². The number of aryl methyl sites for hydroxylation is 1. The Balaban J connectivity index is 2.85. The van der Waals surface area contributed by atoms with E-state index in [0.717, 1.165) is 0 Å². The van der Waals surface area contributed by atoms with Gasteiger partial charge in [0, 0.05) is 6.61 Å². The summed E-state index contributed by atoms with van der Waals surface area (Å²) in [6.45, 7) is 4.36. The summed E-state index contributed by atoms with van der Waals surface area (Å²) in [4.78, 5) is 17.6. The fraction of sp³-hybridized carbons (Fsp3) is 0.556. The molecule has 1 aromatic rings. The van der Waals surface area contributed by atoms with Crippen molar-refractivity contribution < 1.29 is 14.4 Å². The Morgan fingerprint density at radius 3 is 2.71 bits per heavy atom. The molecule has 0 atom stereocenters. The van der Waals surface area contributed by atoms with Crippen LogP contribution in [0.25, 0.3) is 0 Å². The van der Waals surface area contributed by atoms with Crippen LogP contribution in [-0.2, 0) is 4.74 Å². The zero-order valence-corrected chi connectivity index (χ0v) is 10.2. The number of halogens is 1. The molecule has 0 aliphatic rings. The van der Waals surface area contributed by atoms with Crippen LogP contribution in [0.2, 0.25) is 5.28 Å². The Morgan fingerprint density at radius 2 is 2.12 bits per heavy atom. The first-order chi connectivity index (χ1) is 8.06. The van der Waals surface area contributed by atoms with Crippen molar-refractivity contribution in [3.8, 4) is 5.88 Å². The van der Waals surface area contributed by atoms with Crippen LogP contribution >= 0.6 is 11.6 Å². The Labute approximate surface area is 103 Å². The number of ether oxygens (including phenoxy) is 2. The van der Waals surface area contributed by atoms with Gasteiger partial charge in [0.2, 0.25) is 5.28 Å². The van der Waals surface area contributed by atoms with Crippen LogP contribution in [0.5, 0.6) is 5.88 Å². The third-order valence-corrected chi connectivity index (χ3v) is 2.02. The molecule has 0 aliphatic carbocycles. The van der Waals surface area contributed by atoms with Crippen LogP contribution in [0.15, 0.2) is 0 Å². The summed E-state index contributed by atoms with van der Waals surface area (Å²) >= 11 is 5.61. The summed E-state index contributed by atoms with van der Waals surface area (Å²) in [5.41, 5.74) is -0.104. The van der Waals surface area contributed by atoms with Crippen molar-refractivity contribution in [3.05, 3.63) is 21.1 Å². The predicted octanol–water partition coefficient (Wildman–Crippen LogP) is 1.76. The number of aromatic nitrogens is 2. The van der Waals surface area contributed by atoms with Gasteiger partial charge in [0.1, 0.15) is 12.3 Å². The Hall–Kier alpha value is -1.47. The molecule has 0 aromatic carbocycles. The van der Waals surface area contributed by atoms with Gasteiger partial charge in [0.25, 0.3) is 5.88 Å². The second-order valence-corrected chi connectivity index (χ2v) is 3.37. The van der Waals surface area contributed by atoms with E-state index in [4.69, 9.17) is 21.1 Å². The molecular formula is C9H12ClN3O4. The SMILES string of the molecule is CCOCCOc1nc(Cl)nc(C)c1[N+](=O)[O-]. The highest BCUT2D eigenvalue weighted by Crippen LogP contribution is 2.28. The molecule has 1 aromatic heterocycles. The highest BCUT2D eigenvalue weighted by atomic mass is 35.5. The van der Waals surface area contributed by atoms with Gasteiger partial charge in [-0.1, -0.05) is 0 Å². The van der Waals surface area contributed by atoms with E-state index in [1.165, 1.54) is 6.92 Å². The largest absolute Gasteiger partial charge is 0.470 e. The van der Waals surface area contributed by atoms with Gasteiger partial charge in [0.05, 0.1) is 11.5 Å². The molecule has 0 N–H and O–H groups in total. The first kappa shape index (κ1) is 13.6. The van der Waals surface area contributed by atoms with Crippen molar-refractivity contribution >= 4 is 17.3 Å². The van der Waals surface area contributed by atoms with Crippen molar-refractivity contribution in [2.45, 2.75) is 13.8 Å². The Bertz CT molecular complexity index is 413. The highest BCUT2D eigenvalue weighted by Gasteiger charge is 2.23. The van der Waals surface area contributed by atoms with Crippen LogP contribution in [0.3, 0.4) is 0 Å². The quantitative estimate of drug-likeness (QED) is 0.336. The lowest BCUT2D eigenvalue weighted by molar-refractivity contribution is -0.387. The number of hydrogen-bond donors (Lipinski definition) is 0. The Morgan fingerprint density at radius 1 is 1.41 bits per heavy atom. The minimum absolute atomic E-state index is 0.0838. The van der Waals surface area contributed by atoms with Crippen LogP contribution in [0.1, 0.15) is 12.6 Å². The van der Waals surface area contributed by atoms with E-state index < -0.39 is 4.92 Å². The normalized spacial score (nSPS) is 10.3. The van der Waals surface area contributed by atoms with Gasteiger partial charge in [-0.25, -0.2) is 4.98 Å². The first-order valence-corrected chi connectivity index (χ1v) is 5.33. The summed E-state index contributed by atoms with van der Waals surface area (Å²) in [5.74, 6) is -0.132. The van der Waals surface area contributed by atoms with Crippen LogP contribution in [0, 0.1) is 17.0 Å². The minimum atomic E-state index is -0.596. The van der Waals surface area contributed by atoms with E-state index in [2.05, 4.69) is 9.97 Å². The maximum atomic E-state index is 10.8. The molecule has 0 bridgehead atoms. The lowest BCUT2D eigenvalue weighted by Gasteiger charge is -2.07. The number of nitrogens with zero attached hydrogens (tertiary/aromatic N) is 3. The monoisotopic (exact) mass is 261 g/mol. The average molecular weight is 262 g/mol. The van der Waals surface area contributed by atoms with E-state index in [9.17, 15) is 10.1 Å². The van der Waals surface area contributed by atoms with Crippen molar-refractivity contribution in [1.29, 1.82) is 0 Å². The summed E-state index contributed by atoms with van der Waals surface area (Å²) in [6, 6.07) is 0. The molecule has 0 spiro atoms. The van der Waals surface area contributed by atoms with Gasteiger partial charge >= 0.3 is 5.69 Å². The van der Waals surface area contributed by atoms with Gasteiger partial charge in [-0.05, 0) is 25.4 Å². The molecule has 0 fully saturated rings. The molecule has 0 saturated heterocycles. The number of hydrogen-bond acceptors (Lipinski definition) is 6. The molecule has 1 rings (SSSR count). The smallest absolute Gasteiger partial charge is 0.352 e. The van der Waals surface area contributed by atoms with E-state index in [1.807, 2.05) is 6.92 Å². The summed E-state index contributed by atoms with van der Waals surface area (Å²) in [5, 5.41) is 10.7. The maximum Gasteiger partial charge on any atom is 0.352 e. The third-order valence-electron chi connectivity index (χ3n) is 1.85. The first-order valence-electron chi connectivity index (χ1n) is 4.95. The molecule has 0 radical (unpaired) electrons. The number of rotatable bonds is 6. The fourth-order valence-electron chi connectivity index (χ4n) is 1.16. The third kappa shape index (κ3) is 3.79. The highest BCUT2D eigenvalue weighted by molar-refractivity contribution is 6.28. The van der Waals surface area contributed by atoms with Gasteiger partial charge in [0.15, 0.2) is 0 Å². The molecule has 0 unspecified atom stereocenters. The van der Waals surface area contributed by atoms with Gasteiger partial charge in [-0.2, -0.15) is 4.98 Å². The van der Waals surface area contributed by atoms with E-state index in [0.29, 0.717) is 13.2 Å².